The number of amides is 1. The second-order valence-corrected chi connectivity index (χ2v) is 9.39. The van der Waals surface area contributed by atoms with E-state index in [1.165, 1.54) is 17.7 Å². The van der Waals surface area contributed by atoms with Gasteiger partial charge in [-0.3, -0.25) is 4.79 Å². The van der Waals surface area contributed by atoms with Crippen molar-refractivity contribution in [2.45, 2.75) is 63.5 Å². The Balaban J connectivity index is 1.60. The Morgan fingerprint density at radius 1 is 1.10 bits per heavy atom. The lowest BCUT2D eigenvalue weighted by Gasteiger charge is -2.52. The molecule has 1 saturated carbocycles. The van der Waals surface area contributed by atoms with E-state index in [0.29, 0.717) is 18.9 Å². The van der Waals surface area contributed by atoms with Crippen LogP contribution in [-0.2, 0) is 4.79 Å². The molecule has 3 nitrogen and oxygen atoms in total. The molecule has 1 aliphatic heterocycles. The van der Waals surface area contributed by atoms with Crippen molar-refractivity contribution < 1.29 is 14.3 Å². The van der Waals surface area contributed by atoms with Gasteiger partial charge in [0.1, 0.15) is 5.82 Å². The second kappa shape index (κ2) is 8.96. The largest absolute Gasteiger partial charge is 0.389 e. The molecule has 1 saturated heterocycles. The number of benzene rings is 2. The smallest absolute Gasteiger partial charge is 0.247 e. The summed E-state index contributed by atoms with van der Waals surface area (Å²) in [7, 11) is 0. The Morgan fingerprint density at radius 2 is 1.81 bits per heavy atom. The highest BCUT2D eigenvalue weighted by Crippen LogP contribution is 2.49. The molecule has 0 aromatic heterocycles. The van der Waals surface area contributed by atoms with Gasteiger partial charge in [0.05, 0.1) is 11.6 Å². The first-order chi connectivity index (χ1) is 14.9. The van der Waals surface area contributed by atoms with E-state index < -0.39 is 5.60 Å². The van der Waals surface area contributed by atoms with E-state index in [-0.39, 0.29) is 23.7 Å². The summed E-state index contributed by atoms with van der Waals surface area (Å²) in [5.74, 6) is 0.0952. The van der Waals surface area contributed by atoms with E-state index in [1.54, 1.807) is 18.2 Å². The Kier molecular flexibility index (Phi) is 6.29. The average molecular weight is 422 g/mol. The van der Waals surface area contributed by atoms with E-state index in [2.05, 4.69) is 26.0 Å². The van der Waals surface area contributed by atoms with Crippen molar-refractivity contribution in [3.8, 4) is 0 Å². The van der Waals surface area contributed by atoms with Crippen LogP contribution >= 0.6 is 0 Å². The quantitative estimate of drug-likeness (QED) is 0.629. The zero-order chi connectivity index (χ0) is 22.0. The number of aliphatic hydroxyl groups is 1. The number of hydrogen-bond acceptors (Lipinski definition) is 2. The van der Waals surface area contributed by atoms with Crippen LogP contribution in [-0.4, -0.2) is 28.1 Å². The van der Waals surface area contributed by atoms with Crippen molar-refractivity contribution in [2.24, 2.45) is 5.92 Å². The Morgan fingerprint density at radius 3 is 2.48 bits per heavy atom. The number of halogens is 1. The van der Waals surface area contributed by atoms with Crippen molar-refractivity contribution in [3.63, 3.8) is 0 Å². The Labute approximate surface area is 184 Å². The molecular weight excluding hydrogens is 389 g/mol. The molecule has 1 aliphatic carbocycles. The van der Waals surface area contributed by atoms with Crippen molar-refractivity contribution >= 4 is 12.0 Å². The molecule has 4 rings (SSSR count). The number of hydrogen-bond donors (Lipinski definition) is 1. The van der Waals surface area contributed by atoms with Gasteiger partial charge in [0.15, 0.2) is 0 Å². The highest BCUT2D eigenvalue weighted by molar-refractivity contribution is 5.92. The number of fused-ring (bicyclic) bond motifs is 1. The Hall–Kier alpha value is -2.46. The van der Waals surface area contributed by atoms with Gasteiger partial charge in [-0.1, -0.05) is 63.1 Å². The van der Waals surface area contributed by atoms with Crippen molar-refractivity contribution in [1.82, 2.24) is 4.90 Å². The lowest BCUT2D eigenvalue weighted by Crippen LogP contribution is -2.56. The summed E-state index contributed by atoms with van der Waals surface area (Å²) < 4.78 is 13.6. The van der Waals surface area contributed by atoms with Gasteiger partial charge in [-0.2, -0.15) is 0 Å². The van der Waals surface area contributed by atoms with E-state index in [0.717, 1.165) is 36.8 Å². The van der Waals surface area contributed by atoms with Crippen LogP contribution in [0.4, 0.5) is 4.39 Å². The summed E-state index contributed by atoms with van der Waals surface area (Å²) in [4.78, 5) is 15.1. The minimum atomic E-state index is -0.746. The molecule has 2 fully saturated rings. The first-order valence-corrected chi connectivity index (χ1v) is 11.4. The summed E-state index contributed by atoms with van der Waals surface area (Å²) in [5.41, 5.74) is 2.41. The van der Waals surface area contributed by atoms with Crippen LogP contribution in [0.3, 0.4) is 0 Å². The molecule has 2 aromatic carbocycles. The van der Waals surface area contributed by atoms with Gasteiger partial charge in [0.2, 0.25) is 5.91 Å². The molecule has 31 heavy (non-hydrogen) atoms. The maximum atomic E-state index is 13.6. The molecule has 0 unspecified atom stereocenters. The standard InChI is InChI=1S/C27H32FNO2/c1-19(2)21-9-6-20(7-10-21)8-15-25(30)29-18-17-27(31)16-4-3-5-24(27)26(29)22-11-13-23(28)14-12-22/h6-15,19,24,26,31H,3-5,16-18H2,1-2H3/b15-8+/t24-,26-,27+/m1/s1. The summed E-state index contributed by atoms with van der Waals surface area (Å²) in [6.45, 7) is 4.82. The maximum Gasteiger partial charge on any atom is 0.247 e. The van der Waals surface area contributed by atoms with Crippen molar-refractivity contribution in [3.05, 3.63) is 77.1 Å². The predicted octanol–water partition coefficient (Wildman–Crippen LogP) is 5.86. The van der Waals surface area contributed by atoms with Gasteiger partial charge < -0.3 is 10.0 Å². The van der Waals surface area contributed by atoms with Crippen LogP contribution in [0.1, 0.15) is 74.6 Å². The zero-order valence-electron chi connectivity index (χ0n) is 18.4. The molecule has 0 radical (unpaired) electrons. The molecule has 3 atom stereocenters. The highest BCUT2D eigenvalue weighted by Gasteiger charge is 2.49. The first kappa shape index (κ1) is 21.8. The van der Waals surface area contributed by atoms with Crippen molar-refractivity contribution in [2.75, 3.05) is 6.54 Å². The molecule has 1 heterocycles. The number of carbonyl (C=O) groups is 1. The Bertz CT molecular complexity index is 935. The highest BCUT2D eigenvalue weighted by atomic mass is 19.1. The van der Waals surface area contributed by atoms with Gasteiger partial charge in [0.25, 0.3) is 0 Å². The number of rotatable bonds is 4. The molecule has 1 N–H and O–H groups in total. The van der Waals surface area contributed by atoms with Gasteiger partial charge in [-0.05, 0) is 60.1 Å². The van der Waals surface area contributed by atoms with Gasteiger partial charge in [-0.25, -0.2) is 4.39 Å². The fourth-order valence-corrected chi connectivity index (χ4v) is 5.26. The van der Waals surface area contributed by atoms with Crippen LogP contribution in [0.5, 0.6) is 0 Å². The summed E-state index contributed by atoms with van der Waals surface area (Å²) in [5, 5.41) is 11.3. The molecule has 0 spiro atoms. The van der Waals surface area contributed by atoms with Gasteiger partial charge in [-0.15, -0.1) is 0 Å². The predicted molar refractivity (Wildman–Crippen MR) is 122 cm³/mol. The lowest BCUT2D eigenvalue weighted by molar-refractivity contribution is -0.150. The van der Waals surface area contributed by atoms with Crippen LogP contribution in [0.15, 0.2) is 54.6 Å². The van der Waals surface area contributed by atoms with E-state index in [1.807, 2.05) is 23.1 Å². The van der Waals surface area contributed by atoms with E-state index in [9.17, 15) is 14.3 Å². The third kappa shape index (κ3) is 4.59. The second-order valence-electron chi connectivity index (χ2n) is 9.39. The fourth-order valence-electron chi connectivity index (χ4n) is 5.26. The molecule has 1 amide bonds. The summed E-state index contributed by atoms with van der Waals surface area (Å²) >= 11 is 0. The van der Waals surface area contributed by atoms with Gasteiger partial charge in [0, 0.05) is 18.5 Å². The van der Waals surface area contributed by atoms with Gasteiger partial charge >= 0.3 is 0 Å². The van der Waals surface area contributed by atoms with Crippen LogP contribution in [0.25, 0.3) is 6.08 Å². The van der Waals surface area contributed by atoms with Crippen LogP contribution in [0, 0.1) is 11.7 Å². The molecule has 0 bridgehead atoms. The summed E-state index contributed by atoms with van der Waals surface area (Å²) in [6, 6.07) is 14.4. The third-order valence-electron chi connectivity index (χ3n) is 7.08. The number of likely N-dealkylation sites (tertiary alicyclic amines) is 1. The van der Waals surface area contributed by atoms with E-state index >= 15 is 0 Å². The topological polar surface area (TPSA) is 40.5 Å². The normalized spacial score (nSPS) is 26.3. The van der Waals surface area contributed by atoms with Crippen molar-refractivity contribution in [1.29, 1.82) is 0 Å². The summed E-state index contributed by atoms with van der Waals surface area (Å²) in [6.07, 6.45) is 7.80. The molecule has 2 aliphatic rings. The lowest BCUT2D eigenvalue weighted by atomic mass is 9.66. The zero-order valence-corrected chi connectivity index (χ0v) is 18.4. The SMILES string of the molecule is CC(C)c1ccc(/C=C/C(=O)N2CC[C@@]3(O)CCCC[C@@H]3[C@H]2c2ccc(F)cc2)cc1. The fraction of sp³-hybridized carbons (Fsp3) is 0.444. The van der Waals surface area contributed by atoms with Crippen LogP contribution < -0.4 is 0 Å². The molecule has 2 aromatic rings. The molecule has 164 valence electrons. The average Bonchev–Trinajstić information content (AvgIpc) is 2.77. The van der Waals surface area contributed by atoms with E-state index in [4.69, 9.17) is 0 Å². The first-order valence-electron chi connectivity index (χ1n) is 11.4. The minimum absolute atomic E-state index is 0.0249. The molecule has 4 heteroatoms. The van der Waals surface area contributed by atoms with Crippen LogP contribution in [0.2, 0.25) is 0 Å². The molecular formula is C27H32FNO2. The monoisotopic (exact) mass is 421 g/mol. The maximum absolute atomic E-state index is 13.6. The minimum Gasteiger partial charge on any atom is -0.389 e. The number of piperidine rings is 1. The third-order valence-corrected chi connectivity index (χ3v) is 7.08. The number of nitrogens with zero attached hydrogens (tertiary/aromatic N) is 1. The number of carbonyl (C=O) groups excluding carboxylic acids is 1.